The minimum Gasteiger partial charge on any atom is -0.490 e. The third-order valence-electron chi connectivity index (χ3n) is 6.12. The van der Waals surface area contributed by atoms with Crippen LogP contribution >= 0.6 is 11.8 Å². The molecule has 0 unspecified atom stereocenters. The molecule has 1 N–H and O–H groups in total. The van der Waals surface area contributed by atoms with Crippen LogP contribution in [0.3, 0.4) is 0 Å². The van der Waals surface area contributed by atoms with Crippen LogP contribution in [0.1, 0.15) is 43.4 Å². The van der Waals surface area contributed by atoms with E-state index in [0.717, 1.165) is 22.2 Å². The fourth-order valence-corrected chi connectivity index (χ4v) is 4.84. The van der Waals surface area contributed by atoms with Gasteiger partial charge in [-0.05, 0) is 71.6 Å². The molecular formula is C30H29N3O7S. The predicted octanol–water partition coefficient (Wildman–Crippen LogP) is 6.37. The lowest BCUT2D eigenvalue weighted by atomic mass is 10.0. The Bertz CT molecular complexity index is 1500. The summed E-state index contributed by atoms with van der Waals surface area (Å²) in [5.41, 5.74) is 2.90. The third kappa shape index (κ3) is 7.52. The Morgan fingerprint density at radius 2 is 1.80 bits per heavy atom. The van der Waals surface area contributed by atoms with Crippen LogP contribution in [0.4, 0.5) is 16.2 Å². The molecule has 0 saturated carbocycles. The van der Waals surface area contributed by atoms with Crippen molar-refractivity contribution in [2.24, 2.45) is 0 Å². The van der Waals surface area contributed by atoms with Crippen LogP contribution in [-0.2, 0) is 16.2 Å². The first kappa shape index (κ1) is 29.3. The second-order valence-corrected chi connectivity index (χ2v) is 10.4. The van der Waals surface area contributed by atoms with Crippen LogP contribution < -0.4 is 14.8 Å². The van der Waals surface area contributed by atoms with Crippen molar-refractivity contribution in [3.63, 3.8) is 0 Å². The lowest BCUT2D eigenvalue weighted by Crippen LogP contribution is -2.36. The van der Waals surface area contributed by atoms with E-state index in [1.165, 1.54) is 12.1 Å². The van der Waals surface area contributed by atoms with Crippen LogP contribution in [0.25, 0.3) is 6.08 Å². The highest BCUT2D eigenvalue weighted by atomic mass is 32.2. The Morgan fingerprint density at radius 1 is 1.05 bits per heavy atom. The van der Waals surface area contributed by atoms with E-state index < -0.39 is 28.5 Å². The number of hydrogen-bond donors (Lipinski definition) is 1. The largest absolute Gasteiger partial charge is 0.490 e. The highest BCUT2D eigenvalue weighted by Gasteiger charge is 2.36. The molecule has 3 aromatic carbocycles. The average molecular weight is 576 g/mol. The van der Waals surface area contributed by atoms with Crippen molar-refractivity contribution in [1.29, 1.82) is 0 Å². The SMILES string of the molecule is CCOc1cc(/C=C2/SC(=O)N(CC(=O)Nc3ccc(C(C)C)cc3)C2=O)ccc1OCc1cccc([N+](=O)[O-])c1. The summed E-state index contributed by atoms with van der Waals surface area (Å²) in [6, 6.07) is 18.6. The van der Waals surface area contributed by atoms with E-state index >= 15 is 0 Å². The lowest BCUT2D eigenvalue weighted by molar-refractivity contribution is -0.384. The predicted molar refractivity (Wildman–Crippen MR) is 157 cm³/mol. The number of carbonyl (C=O) groups is 3. The number of nitro groups is 1. The van der Waals surface area contributed by atoms with Gasteiger partial charge >= 0.3 is 0 Å². The molecule has 3 amide bonds. The summed E-state index contributed by atoms with van der Waals surface area (Å²) in [6.07, 6.45) is 1.56. The number of non-ortho nitro benzene ring substituents is 1. The molecule has 1 aliphatic heterocycles. The van der Waals surface area contributed by atoms with Crippen LogP contribution in [0.5, 0.6) is 11.5 Å². The number of amides is 3. The average Bonchev–Trinajstić information content (AvgIpc) is 3.20. The molecule has 11 heteroatoms. The number of benzene rings is 3. The highest BCUT2D eigenvalue weighted by Crippen LogP contribution is 2.35. The third-order valence-corrected chi connectivity index (χ3v) is 7.02. The number of carbonyl (C=O) groups excluding carboxylic acids is 3. The molecule has 1 heterocycles. The zero-order valence-corrected chi connectivity index (χ0v) is 23.6. The summed E-state index contributed by atoms with van der Waals surface area (Å²) in [7, 11) is 0. The molecule has 0 aromatic heterocycles. The van der Waals surface area contributed by atoms with Crippen molar-refractivity contribution in [3.8, 4) is 11.5 Å². The van der Waals surface area contributed by atoms with Gasteiger partial charge in [-0.1, -0.05) is 44.2 Å². The van der Waals surface area contributed by atoms with Crippen molar-refractivity contribution < 1.29 is 28.8 Å². The smallest absolute Gasteiger partial charge is 0.294 e. The number of nitrogens with one attached hydrogen (secondary N) is 1. The first-order valence-corrected chi connectivity index (χ1v) is 13.7. The van der Waals surface area contributed by atoms with E-state index in [9.17, 15) is 24.5 Å². The maximum absolute atomic E-state index is 13.0. The van der Waals surface area contributed by atoms with Gasteiger partial charge in [0.25, 0.3) is 16.8 Å². The first-order chi connectivity index (χ1) is 19.6. The number of nitro benzene ring substituents is 1. The molecule has 0 bridgehead atoms. The maximum atomic E-state index is 13.0. The van der Waals surface area contributed by atoms with Gasteiger partial charge in [-0.25, -0.2) is 0 Å². The molecule has 0 aliphatic carbocycles. The number of anilines is 1. The molecule has 10 nitrogen and oxygen atoms in total. The van der Waals surface area contributed by atoms with E-state index in [-0.39, 0.29) is 17.2 Å². The van der Waals surface area contributed by atoms with E-state index in [2.05, 4.69) is 19.2 Å². The van der Waals surface area contributed by atoms with Crippen molar-refractivity contribution in [1.82, 2.24) is 4.90 Å². The standard InChI is InChI=1S/C30H29N3O7S/c1-4-39-26-15-20(8-13-25(26)40-18-21-6-5-7-24(14-21)33(37)38)16-27-29(35)32(30(36)41-27)17-28(34)31-23-11-9-22(10-12-23)19(2)3/h5-16,19H,4,17-18H2,1-3H3,(H,31,34)/b27-16+. The van der Waals surface area contributed by atoms with Gasteiger partial charge in [0, 0.05) is 17.8 Å². The molecule has 1 aliphatic rings. The molecule has 0 spiro atoms. The number of nitrogens with zero attached hydrogens (tertiary/aromatic N) is 2. The summed E-state index contributed by atoms with van der Waals surface area (Å²) < 4.78 is 11.6. The van der Waals surface area contributed by atoms with Crippen LogP contribution in [0.2, 0.25) is 0 Å². The molecular weight excluding hydrogens is 546 g/mol. The van der Waals surface area contributed by atoms with Gasteiger partial charge in [0.1, 0.15) is 13.2 Å². The normalized spacial score (nSPS) is 14.0. The fraction of sp³-hybridized carbons (Fsp3) is 0.233. The maximum Gasteiger partial charge on any atom is 0.294 e. The Kier molecular flexibility index (Phi) is 9.41. The van der Waals surface area contributed by atoms with E-state index in [1.54, 1.807) is 48.5 Å². The minimum absolute atomic E-state index is 0.0294. The first-order valence-electron chi connectivity index (χ1n) is 12.9. The number of ether oxygens (including phenoxy) is 2. The summed E-state index contributed by atoms with van der Waals surface area (Å²) in [4.78, 5) is 49.8. The van der Waals surface area contributed by atoms with E-state index in [0.29, 0.717) is 40.8 Å². The van der Waals surface area contributed by atoms with Crippen molar-refractivity contribution >= 4 is 46.3 Å². The molecule has 41 heavy (non-hydrogen) atoms. The molecule has 212 valence electrons. The zero-order valence-electron chi connectivity index (χ0n) is 22.8. The van der Waals surface area contributed by atoms with Crippen LogP contribution in [0.15, 0.2) is 71.6 Å². The summed E-state index contributed by atoms with van der Waals surface area (Å²) in [6.45, 7) is 5.99. The molecule has 1 fully saturated rings. The van der Waals surface area contributed by atoms with Gasteiger partial charge in [-0.3, -0.25) is 29.4 Å². The van der Waals surface area contributed by atoms with Gasteiger partial charge < -0.3 is 14.8 Å². The van der Waals surface area contributed by atoms with Crippen molar-refractivity contribution in [2.75, 3.05) is 18.5 Å². The highest BCUT2D eigenvalue weighted by molar-refractivity contribution is 8.18. The second kappa shape index (κ2) is 13.1. The summed E-state index contributed by atoms with van der Waals surface area (Å²) in [5.74, 6) is 0.148. The van der Waals surface area contributed by atoms with E-state index in [1.807, 2.05) is 19.1 Å². The monoisotopic (exact) mass is 575 g/mol. The lowest BCUT2D eigenvalue weighted by Gasteiger charge is -2.13. The molecule has 4 rings (SSSR count). The Balaban J connectivity index is 1.43. The van der Waals surface area contributed by atoms with Crippen molar-refractivity contribution in [2.45, 2.75) is 33.3 Å². The van der Waals surface area contributed by atoms with Gasteiger partial charge in [0.05, 0.1) is 16.4 Å². The Morgan fingerprint density at radius 3 is 2.49 bits per heavy atom. The summed E-state index contributed by atoms with van der Waals surface area (Å²) in [5, 5.41) is 13.2. The molecule has 0 atom stereocenters. The summed E-state index contributed by atoms with van der Waals surface area (Å²) >= 11 is 0.756. The Labute approximate surface area is 241 Å². The number of hydrogen-bond acceptors (Lipinski definition) is 8. The van der Waals surface area contributed by atoms with Gasteiger partial charge in [-0.2, -0.15) is 0 Å². The fourth-order valence-electron chi connectivity index (χ4n) is 4.01. The van der Waals surface area contributed by atoms with Crippen LogP contribution in [0, 0.1) is 10.1 Å². The molecule has 0 radical (unpaired) electrons. The second-order valence-electron chi connectivity index (χ2n) is 9.45. The zero-order chi connectivity index (χ0) is 29.5. The van der Waals surface area contributed by atoms with Gasteiger partial charge in [0.15, 0.2) is 11.5 Å². The van der Waals surface area contributed by atoms with Gasteiger partial charge in [-0.15, -0.1) is 0 Å². The quantitative estimate of drug-likeness (QED) is 0.159. The Hall–Kier alpha value is -4.64. The molecule has 3 aromatic rings. The minimum atomic E-state index is -0.561. The number of rotatable bonds is 11. The van der Waals surface area contributed by atoms with E-state index in [4.69, 9.17) is 9.47 Å². The number of imide groups is 1. The topological polar surface area (TPSA) is 128 Å². The van der Waals surface area contributed by atoms with Gasteiger partial charge in [0.2, 0.25) is 5.91 Å². The molecule has 1 saturated heterocycles. The number of thioether (sulfide) groups is 1. The van der Waals surface area contributed by atoms with Crippen LogP contribution in [-0.4, -0.2) is 40.0 Å². The van der Waals surface area contributed by atoms with Crippen molar-refractivity contribution in [3.05, 3.63) is 98.4 Å².